The standard InChI is InChI=1S/C33H46FN3O4/c1-28(2)10-12-33(27(35)37-40-24(39)17-34)13-11-32(7)25(20(33)16-28)21(38)14-23-30(5)15-19-18-36-41-26(19)29(3,4)22(30)8-9-31(23,32)6/h14,18,20,22,25H,8-13,15-17H2,1-7H3,(H2,35,37)/t20-,22-,25-,30-,31+,32+,33-/m0/s1. The smallest absolute Gasteiger partial charge is 0.365 e. The second kappa shape index (κ2) is 8.76. The maximum Gasteiger partial charge on any atom is 0.365 e. The number of oxime groups is 1. The first-order chi connectivity index (χ1) is 19.1. The van der Waals surface area contributed by atoms with Gasteiger partial charge in [-0.1, -0.05) is 64.4 Å². The van der Waals surface area contributed by atoms with Gasteiger partial charge >= 0.3 is 5.97 Å². The van der Waals surface area contributed by atoms with Crippen molar-refractivity contribution in [2.75, 3.05) is 6.67 Å². The fraction of sp³-hybridized carbons (Fsp3) is 0.758. The highest BCUT2D eigenvalue weighted by molar-refractivity contribution is 5.97. The van der Waals surface area contributed by atoms with Gasteiger partial charge in [0.15, 0.2) is 12.5 Å². The Morgan fingerprint density at radius 3 is 2.54 bits per heavy atom. The lowest BCUT2D eigenvalue weighted by molar-refractivity contribution is -0.162. The summed E-state index contributed by atoms with van der Waals surface area (Å²) in [6.45, 7) is 15.0. The lowest BCUT2D eigenvalue weighted by Crippen LogP contribution is -2.66. The summed E-state index contributed by atoms with van der Waals surface area (Å²) in [7, 11) is 0. The molecule has 0 saturated heterocycles. The summed E-state index contributed by atoms with van der Waals surface area (Å²) in [4.78, 5) is 31.1. The van der Waals surface area contributed by atoms with E-state index in [1.54, 1.807) is 0 Å². The molecule has 1 heterocycles. The molecule has 8 heteroatoms. The number of nitrogens with two attached hydrogens (primary N) is 1. The molecule has 224 valence electrons. The van der Waals surface area contributed by atoms with Crippen LogP contribution in [0.4, 0.5) is 4.39 Å². The van der Waals surface area contributed by atoms with E-state index in [1.807, 2.05) is 12.3 Å². The molecule has 0 spiro atoms. The number of fused-ring (bicyclic) bond motifs is 8. The largest absolute Gasteiger partial charge is 0.384 e. The van der Waals surface area contributed by atoms with Crippen LogP contribution in [-0.4, -0.2) is 29.4 Å². The van der Waals surface area contributed by atoms with E-state index in [-0.39, 0.29) is 50.5 Å². The van der Waals surface area contributed by atoms with Crippen molar-refractivity contribution in [2.45, 2.75) is 105 Å². The zero-order valence-electron chi connectivity index (χ0n) is 25.7. The fourth-order valence-corrected chi connectivity index (χ4v) is 11.0. The molecule has 6 rings (SSSR count). The Bertz CT molecular complexity index is 1360. The van der Waals surface area contributed by atoms with Gasteiger partial charge in [-0.2, -0.15) is 0 Å². The van der Waals surface area contributed by atoms with E-state index in [0.717, 1.165) is 62.7 Å². The maximum absolute atomic E-state index is 14.6. The van der Waals surface area contributed by atoms with Crippen molar-refractivity contribution in [2.24, 2.45) is 55.7 Å². The van der Waals surface area contributed by atoms with Gasteiger partial charge in [-0.25, -0.2) is 9.18 Å². The molecule has 2 N–H and O–H groups in total. The van der Waals surface area contributed by atoms with Gasteiger partial charge < -0.3 is 15.1 Å². The van der Waals surface area contributed by atoms with Crippen LogP contribution in [0.1, 0.15) is 105 Å². The SMILES string of the molecule is CC1(C)CC[C@]2(C(N)=NOC(=O)CF)CC[C@]3(C)[C@H](C(=O)C=C4[C@@]5(C)Cc6cnoc6C(C)(C)[C@@H]5CC[C@]43C)[C@@H]2C1. The lowest BCUT2D eigenvalue weighted by Gasteiger charge is -2.69. The monoisotopic (exact) mass is 567 g/mol. The Balaban J connectivity index is 1.47. The number of nitrogens with zero attached hydrogens (tertiary/aromatic N) is 2. The van der Waals surface area contributed by atoms with Crippen LogP contribution in [0.15, 0.2) is 27.5 Å². The second-order valence-electron chi connectivity index (χ2n) is 16.0. The van der Waals surface area contributed by atoms with Crippen molar-refractivity contribution in [1.29, 1.82) is 0 Å². The Morgan fingerprint density at radius 1 is 1.12 bits per heavy atom. The zero-order chi connectivity index (χ0) is 29.8. The average Bonchev–Trinajstić information content (AvgIpc) is 3.37. The van der Waals surface area contributed by atoms with Crippen molar-refractivity contribution in [3.8, 4) is 0 Å². The van der Waals surface area contributed by atoms with Crippen LogP contribution in [0.2, 0.25) is 0 Å². The number of aromatic nitrogens is 1. The van der Waals surface area contributed by atoms with Gasteiger partial charge in [0.05, 0.1) is 6.20 Å². The molecule has 41 heavy (non-hydrogen) atoms. The molecule has 7 nitrogen and oxygen atoms in total. The van der Waals surface area contributed by atoms with Crippen LogP contribution in [-0.2, 0) is 26.3 Å². The van der Waals surface area contributed by atoms with Crippen LogP contribution in [0, 0.1) is 44.8 Å². The number of hydrogen-bond donors (Lipinski definition) is 1. The molecule has 3 saturated carbocycles. The topological polar surface area (TPSA) is 108 Å². The first kappa shape index (κ1) is 28.6. The van der Waals surface area contributed by atoms with E-state index in [2.05, 4.69) is 58.8 Å². The number of carbonyl (C=O) groups is 2. The van der Waals surface area contributed by atoms with Crippen molar-refractivity contribution >= 4 is 17.6 Å². The summed E-state index contributed by atoms with van der Waals surface area (Å²) in [5, 5.41) is 8.17. The third kappa shape index (κ3) is 3.67. The lowest BCUT2D eigenvalue weighted by atomic mass is 9.34. The summed E-state index contributed by atoms with van der Waals surface area (Å²) in [6.07, 6.45) is 10.9. The highest BCUT2D eigenvalue weighted by Crippen LogP contribution is 2.74. The van der Waals surface area contributed by atoms with Gasteiger partial charge in [0.2, 0.25) is 0 Å². The van der Waals surface area contributed by atoms with Gasteiger partial charge in [0, 0.05) is 22.3 Å². The highest BCUT2D eigenvalue weighted by atomic mass is 19.1. The van der Waals surface area contributed by atoms with E-state index < -0.39 is 18.1 Å². The molecular weight excluding hydrogens is 521 g/mol. The quantitative estimate of drug-likeness (QED) is 0.195. The average molecular weight is 568 g/mol. The number of rotatable bonds is 3. The molecule has 1 aromatic heterocycles. The van der Waals surface area contributed by atoms with Crippen molar-refractivity contribution in [3.63, 3.8) is 0 Å². The van der Waals surface area contributed by atoms with Crippen molar-refractivity contribution < 1.29 is 23.3 Å². The predicted octanol–water partition coefficient (Wildman–Crippen LogP) is 6.45. The molecule has 0 amide bonds. The number of ketones is 1. The number of halogens is 1. The Labute approximate surface area is 242 Å². The Kier molecular flexibility index (Phi) is 6.11. The third-order valence-corrected chi connectivity index (χ3v) is 13.2. The van der Waals surface area contributed by atoms with Gasteiger partial charge in [0.1, 0.15) is 11.6 Å². The number of alkyl halides is 1. The molecule has 1 aromatic rings. The summed E-state index contributed by atoms with van der Waals surface area (Å²) < 4.78 is 18.6. The van der Waals surface area contributed by atoms with E-state index >= 15 is 0 Å². The van der Waals surface area contributed by atoms with Gasteiger partial charge in [-0.3, -0.25) is 4.79 Å². The van der Waals surface area contributed by atoms with Crippen molar-refractivity contribution in [1.82, 2.24) is 5.16 Å². The maximum atomic E-state index is 14.6. The summed E-state index contributed by atoms with van der Waals surface area (Å²) in [6, 6.07) is 0. The van der Waals surface area contributed by atoms with Crippen molar-refractivity contribution in [3.05, 3.63) is 29.2 Å². The van der Waals surface area contributed by atoms with Gasteiger partial charge in [-0.05, 0) is 90.9 Å². The fourth-order valence-electron chi connectivity index (χ4n) is 11.0. The molecule has 0 unspecified atom stereocenters. The normalized spacial score (nSPS) is 42.5. The number of carbonyl (C=O) groups excluding carboxylic acids is 2. The van der Waals surface area contributed by atoms with Crippen LogP contribution in [0.3, 0.4) is 0 Å². The van der Waals surface area contributed by atoms with E-state index in [4.69, 9.17) is 15.1 Å². The van der Waals surface area contributed by atoms with Crippen LogP contribution >= 0.6 is 0 Å². The summed E-state index contributed by atoms with van der Waals surface area (Å²) in [5.74, 6) is 0.437. The van der Waals surface area contributed by atoms with E-state index in [0.29, 0.717) is 5.92 Å². The number of allylic oxidation sites excluding steroid dienone is 2. The molecule has 0 radical (unpaired) electrons. The minimum Gasteiger partial charge on any atom is -0.384 e. The highest BCUT2D eigenvalue weighted by Gasteiger charge is 2.70. The molecule has 0 aliphatic heterocycles. The van der Waals surface area contributed by atoms with Crippen LogP contribution < -0.4 is 5.73 Å². The van der Waals surface area contributed by atoms with Crippen LogP contribution in [0.5, 0.6) is 0 Å². The van der Waals surface area contributed by atoms with Gasteiger partial charge in [0.25, 0.3) is 0 Å². The predicted molar refractivity (Wildman–Crippen MR) is 153 cm³/mol. The van der Waals surface area contributed by atoms with Crippen LogP contribution in [0.25, 0.3) is 0 Å². The van der Waals surface area contributed by atoms with E-state index in [9.17, 15) is 14.0 Å². The minimum atomic E-state index is -1.25. The summed E-state index contributed by atoms with van der Waals surface area (Å²) >= 11 is 0. The third-order valence-electron chi connectivity index (χ3n) is 13.2. The van der Waals surface area contributed by atoms with Gasteiger partial charge in [-0.15, -0.1) is 0 Å². The molecule has 0 aromatic carbocycles. The molecular formula is C33H46FN3O4. The number of hydrogen-bond acceptors (Lipinski definition) is 6. The molecule has 3 fully saturated rings. The zero-order valence-corrected chi connectivity index (χ0v) is 25.7. The minimum absolute atomic E-state index is 0.0369. The Morgan fingerprint density at radius 2 is 1.83 bits per heavy atom. The summed E-state index contributed by atoms with van der Waals surface area (Å²) in [5.41, 5.74) is 7.78. The Hall–Kier alpha value is -2.51. The first-order valence-corrected chi connectivity index (χ1v) is 15.4. The molecule has 7 atom stereocenters. The molecule has 5 aliphatic rings. The first-order valence-electron chi connectivity index (χ1n) is 15.4. The molecule has 0 bridgehead atoms. The van der Waals surface area contributed by atoms with E-state index in [1.165, 1.54) is 5.57 Å². The number of amidine groups is 1. The molecule has 5 aliphatic carbocycles. The second-order valence-corrected chi connectivity index (χ2v) is 16.0.